The van der Waals surface area contributed by atoms with Crippen molar-refractivity contribution in [3.63, 3.8) is 0 Å². The van der Waals surface area contributed by atoms with Gasteiger partial charge in [-0.3, -0.25) is 19.2 Å². The van der Waals surface area contributed by atoms with Gasteiger partial charge in [0.1, 0.15) is 12.1 Å². The van der Waals surface area contributed by atoms with Gasteiger partial charge in [0.15, 0.2) is 5.78 Å². The Morgan fingerprint density at radius 1 is 0.571 bits per heavy atom. The number of nitrogens with one attached hydrogen (secondary N) is 3. The topological polar surface area (TPSA) is 123 Å². The lowest BCUT2D eigenvalue weighted by Crippen LogP contribution is -2.55. The van der Waals surface area contributed by atoms with E-state index < -0.39 is 5.54 Å². The van der Waals surface area contributed by atoms with Gasteiger partial charge in [-0.25, -0.2) is 0 Å². The highest BCUT2D eigenvalue weighted by Gasteiger charge is 2.28. The fourth-order valence-corrected chi connectivity index (χ4v) is 4.58. The van der Waals surface area contributed by atoms with Gasteiger partial charge in [-0.15, -0.1) is 0 Å². The number of Topliss-reactive ketones (excluding diaryl/α,β-unsaturated/α-hetero) is 1. The second-order valence-corrected chi connectivity index (χ2v) is 11.9. The molecule has 0 aromatic carbocycles. The van der Waals surface area contributed by atoms with Crippen molar-refractivity contribution in [1.82, 2.24) is 16.0 Å². The third-order valence-corrected chi connectivity index (χ3v) is 7.14. The van der Waals surface area contributed by atoms with Crippen LogP contribution in [-0.4, -0.2) is 68.6 Å². The number of rotatable bonds is 30. The molecule has 0 rings (SSSR count). The van der Waals surface area contributed by atoms with Crippen LogP contribution in [0.3, 0.4) is 0 Å². The van der Waals surface area contributed by atoms with Crippen molar-refractivity contribution in [2.75, 3.05) is 39.5 Å². The zero-order valence-corrected chi connectivity index (χ0v) is 27.4. The maximum atomic E-state index is 12.4. The van der Waals surface area contributed by atoms with E-state index in [1.807, 2.05) is 0 Å². The molecule has 0 bridgehead atoms. The quantitative estimate of drug-likeness (QED) is 0.0903. The first-order valence-corrected chi connectivity index (χ1v) is 16.7. The number of carbonyl (C=O) groups is 4. The van der Waals surface area contributed by atoms with E-state index in [0.717, 1.165) is 12.8 Å². The molecule has 3 amide bonds. The Hall–Kier alpha value is -2.00. The van der Waals surface area contributed by atoms with E-state index in [1.165, 1.54) is 90.4 Å². The van der Waals surface area contributed by atoms with Crippen LogP contribution in [0.1, 0.15) is 143 Å². The van der Waals surface area contributed by atoms with Crippen LogP contribution in [-0.2, 0) is 28.7 Å². The van der Waals surface area contributed by atoms with Gasteiger partial charge in [0.2, 0.25) is 17.7 Å². The van der Waals surface area contributed by atoms with Crippen molar-refractivity contribution in [3.8, 4) is 0 Å². The van der Waals surface area contributed by atoms with E-state index in [1.54, 1.807) is 13.8 Å². The van der Waals surface area contributed by atoms with Gasteiger partial charge in [-0.05, 0) is 33.6 Å². The van der Waals surface area contributed by atoms with Crippen LogP contribution in [0.5, 0.6) is 0 Å². The largest absolute Gasteiger partial charge is 0.377 e. The summed E-state index contributed by atoms with van der Waals surface area (Å²) in [6.07, 6.45) is 20.8. The standard InChI is InChI=1S/C33H63N3O6/c1-5-6-7-8-9-10-11-12-13-14-15-16-17-18-19-21-30(38)34-23-20-22-31(39)36-33(3,4)32(40)35-24-25-41-26-27-42-28-29(2)37/h5-28H2,1-4H3,(H,34,38)(H,35,40)(H,36,39). The molecule has 0 saturated heterocycles. The molecule has 9 nitrogen and oxygen atoms in total. The third kappa shape index (κ3) is 26.9. The average molecular weight is 598 g/mol. The van der Waals surface area contributed by atoms with E-state index in [-0.39, 0.29) is 36.5 Å². The van der Waals surface area contributed by atoms with Gasteiger partial charge >= 0.3 is 0 Å². The Bertz CT molecular complexity index is 714. The fourth-order valence-electron chi connectivity index (χ4n) is 4.58. The van der Waals surface area contributed by atoms with Gasteiger partial charge in [0, 0.05) is 25.9 Å². The molecule has 0 aliphatic carbocycles. The summed E-state index contributed by atoms with van der Waals surface area (Å²) in [6, 6.07) is 0. The van der Waals surface area contributed by atoms with Crippen LogP contribution >= 0.6 is 0 Å². The smallest absolute Gasteiger partial charge is 0.245 e. The number of ketones is 1. The molecule has 0 aliphatic rings. The Labute approximate surface area is 256 Å². The van der Waals surface area contributed by atoms with Crippen molar-refractivity contribution >= 4 is 23.5 Å². The molecule has 0 spiro atoms. The SMILES string of the molecule is CCCCCCCCCCCCCCCCCC(=O)NCCCC(=O)NC(C)(C)C(=O)NCCOCCOCC(C)=O. The van der Waals surface area contributed by atoms with E-state index in [4.69, 9.17) is 9.47 Å². The molecule has 0 radical (unpaired) electrons. The van der Waals surface area contributed by atoms with E-state index in [0.29, 0.717) is 45.8 Å². The molecule has 0 aromatic heterocycles. The summed E-state index contributed by atoms with van der Waals surface area (Å²) in [5.41, 5.74) is -1.06. The minimum absolute atomic E-state index is 0.0393. The molecular weight excluding hydrogens is 534 g/mol. The van der Waals surface area contributed by atoms with Crippen LogP contribution in [0.15, 0.2) is 0 Å². The molecular formula is C33H63N3O6. The predicted octanol–water partition coefficient (Wildman–Crippen LogP) is 5.78. The maximum Gasteiger partial charge on any atom is 0.245 e. The predicted molar refractivity (Wildman–Crippen MR) is 169 cm³/mol. The molecule has 0 fully saturated rings. The molecule has 0 heterocycles. The number of carbonyl (C=O) groups excluding carboxylic acids is 4. The highest BCUT2D eigenvalue weighted by atomic mass is 16.5. The Kier molecular flexibility index (Phi) is 26.5. The molecule has 0 unspecified atom stereocenters. The van der Waals surface area contributed by atoms with Crippen molar-refractivity contribution in [3.05, 3.63) is 0 Å². The van der Waals surface area contributed by atoms with Crippen molar-refractivity contribution in [2.24, 2.45) is 0 Å². The number of hydrogen-bond acceptors (Lipinski definition) is 6. The fraction of sp³-hybridized carbons (Fsp3) is 0.879. The van der Waals surface area contributed by atoms with Gasteiger partial charge in [0.05, 0.1) is 19.8 Å². The van der Waals surface area contributed by atoms with Crippen LogP contribution in [0, 0.1) is 0 Å². The maximum absolute atomic E-state index is 12.4. The van der Waals surface area contributed by atoms with Crippen molar-refractivity contribution in [1.29, 1.82) is 0 Å². The van der Waals surface area contributed by atoms with E-state index in [2.05, 4.69) is 22.9 Å². The monoisotopic (exact) mass is 597 g/mol. The Morgan fingerprint density at radius 2 is 1.07 bits per heavy atom. The minimum Gasteiger partial charge on any atom is -0.377 e. The molecule has 42 heavy (non-hydrogen) atoms. The lowest BCUT2D eigenvalue weighted by Gasteiger charge is -2.25. The number of amides is 3. The van der Waals surface area contributed by atoms with Crippen LogP contribution < -0.4 is 16.0 Å². The first-order valence-electron chi connectivity index (χ1n) is 16.7. The van der Waals surface area contributed by atoms with E-state index in [9.17, 15) is 19.2 Å². The average Bonchev–Trinajstić information content (AvgIpc) is 2.94. The summed E-state index contributed by atoms with van der Waals surface area (Å²) < 4.78 is 10.4. The second-order valence-electron chi connectivity index (χ2n) is 11.9. The molecule has 3 N–H and O–H groups in total. The van der Waals surface area contributed by atoms with Crippen molar-refractivity contribution in [2.45, 2.75) is 149 Å². The first kappa shape index (κ1) is 40.0. The highest BCUT2D eigenvalue weighted by molar-refractivity contribution is 5.90. The van der Waals surface area contributed by atoms with Gasteiger partial charge in [0.25, 0.3) is 0 Å². The molecule has 0 saturated carbocycles. The summed E-state index contributed by atoms with van der Waals surface area (Å²) in [5, 5.41) is 8.39. The molecule has 0 aliphatic heterocycles. The van der Waals surface area contributed by atoms with E-state index >= 15 is 0 Å². The zero-order valence-electron chi connectivity index (χ0n) is 27.4. The second kappa shape index (κ2) is 27.8. The lowest BCUT2D eigenvalue weighted by molar-refractivity contribution is -0.132. The third-order valence-electron chi connectivity index (χ3n) is 7.14. The van der Waals surface area contributed by atoms with Crippen LogP contribution in [0.2, 0.25) is 0 Å². The van der Waals surface area contributed by atoms with Crippen LogP contribution in [0.25, 0.3) is 0 Å². The van der Waals surface area contributed by atoms with Crippen LogP contribution in [0.4, 0.5) is 0 Å². The summed E-state index contributed by atoms with van der Waals surface area (Å²) in [4.78, 5) is 47.6. The Balaban J connectivity index is 3.62. The van der Waals surface area contributed by atoms with Gasteiger partial charge < -0.3 is 25.4 Å². The summed E-state index contributed by atoms with van der Waals surface area (Å²) >= 11 is 0. The summed E-state index contributed by atoms with van der Waals surface area (Å²) in [6.45, 7) is 8.79. The van der Waals surface area contributed by atoms with Crippen molar-refractivity contribution < 1.29 is 28.7 Å². The normalized spacial score (nSPS) is 11.3. The Morgan fingerprint density at radius 3 is 1.62 bits per heavy atom. The molecule has 0 aromatic rings. The molecule has 0 atom stereocenters. The number of hydrogen-bond donors (Lipinski definition) is 3. The first-order chi connectivity index (χ1) is 20.2. The summed E-state index contributed by atoms with van der Waals surface area (Å²) in [5.74, 6) is -0.533. The minimum atomic E-state index is -1.06. The molecule has 9 heteroatoms. The highest BCUT2D eigenvalue weighted by Crippen LogP contribution is 2.13. The summed E-state index contributed by atoms with van der Waals surface area (Å²) in [7, 11) is 0. The zero-order chi connectivity index (χ0) is 31.3. The van der Waals surface area contributed by atoms with Gasteiger partial charge in [-0.1, -0.05) is 96.8 Å². The number of ether oxygens (including phenoxy) is 2. The molecule has 246 valence electrons. The van der Waals surface area contributed by atoms with Gasteiger partial charge in [-0.2, -0.15) is 0 Å². The number of unbranched alkanes of at least 4 members (excludes halogenated alkanes) is 14. The lowest BCUT2D eigenvalue weighted by atomic mass is 10.0.